The number of nitrogens with zero attached hydrogens (tertiary/aromatic N) is 1. The van der Waals surface area contributed by atoms with Crippen LogP contribution in [0.1, 0.15) is 73.6 Å². The quantitative estimate of drug-likeness (QED) is 0.313. The largest absolute Gasteiger partial charge is 0.377 e. The summed E-state index contributed by atoms with van der Waals surface area (Å²) in [6, 6.07) is 0.159. The van der Waals surface area contributed by atoms with Gasteiger partial charge in [-0.3, -0.25) is 4.79 Å². The summed E-state index contributed by atoms with van der Waals surface area (Å²) in [5, 5.41) is 0.683. The number of unbranched alkanes of at least 4 members (excludes halogenated alkanes) is 2. The summed E-state index contributed by atoms with van der Waals surface area (Å²) in [7, 11) is 3.89. The Morgan fingerprint density at radius 2 is 1.81 bits per heavy atom. The first-order chi connectivity index (χ1) is 12.3. The van der Waals surface area contributed by atoms with Crippen molar-refractivity contribution in [3.8, 4) is 0 Å². The van der Waals surface area contributed by atoms with Crippen LogP contribution in [-0.2, 0) is 14.3 Å². The van der Waals surface area contributed by atoms with Crippen LogP contribution in [0.3, 0.4) is 0 Å². The number of hydrogen-bond acceptors (Lipinski definition) is 5. The van der Waals surface area contributed by atoms with Gasteiger partial charge < -0.3 is 14.4 Å². The van der Waals surface area contributed by atoms with Crippen molar-refractivity contribution in [1.82, 2.24) is 4.90 Å². The topological polar surface area (TPSA) is 38.8 Å². The number of hydrogen-bond donors (Lipinski definition) is 0. The number of carbonyl (C=O) groups is 1. The predicted octanol–water partition coefficient (Wildman–Crippen LogP) is 5.16. The fourth-order valence-corrected chi connectivity index (χ4v) is 5.22. The van der Waals surface area contributed by atoms with E-state index in [0.29, 0.717) is 24.8 Å². The molecule has 0 aromatic heterocycles. The van der Waals surface area contributed by atoms with Crippen LogP contribution in [0.25, 0.3) is 0 Å². The van der Waals surface area contributed by atoms with Gasteiger partial charge in [-0.2, -0.15) is 0 Å². The van der Waals surface area contributed by atoms with Gasteiger partial charge in [-0.25, -0.2) is 0 Å². The standard InChI is InChI=1S/C20H39NO3S2/c1-15(2)23-14-18-12-19(24-16(3)4)13-21(18)20(22)10-8-7-9-11-25-26-17(5)6/h15-19H,7-14H2,1-6H3/t18-,19+/m0/s1. The van der Waals surface area contributed by atoms with Crippen molar-refractivity contribution in [2.45, 2.75) is 103 Å². The van der Waals surface area contributed by atoms with Crippen LogP contribution in [0, 0.1) is 0 Å². The molecule has 1 saturated heterocycles. The molecule has 1 fully saturated rings. The van der Waals surface area contributed by atoms with Gasteiger partial charge in [0.2, 0.25) is 5.91 Å². The number of ether oxygens (including phenoxy) is 2. The van der Waals surface area contributed by atoms with Gasteiger partial charge in [0.1, 0.15) is 0 Å². The molecular formula is C20H39NO3S2. The summed E-state index contributed by atoms with van der Waals surface area (Å²) in [4.78, 5) is 14.7. The van der Waals surface area contributed by atoms with E-state index in [1.165, 1.54) is 12.2 Å². The lowest BCUT2D eigenvalue weighted by Crippen LogP contribution is -2.39. The van der Waals surface area contributed by atoms with Crippen molar-refractivity contribution in [3.05, 3.63) is 0 Å². The Balaban J connectivity index is 2.34. The molecule has 0 spiro atoms. The fraction of sp³-hybridized carbons (Fsp3) is 0.950. The van der Waals surface area contributed by atoms with E-state index in [1.807, 2.05) is 40.3 Å². The number of rotatable bonds is 13. The van der Waals surface area contributed by atoms with Crippen molar-refractivity contribution in [2.75, 3.05) is 18.9 Å². The van der Waals surface area contributed by atoms with E-state index in [2.05, 4.69) is 27.7 Å². The van der Waals surface area contributed by atoms with Gasteiger partial charge in [0.15, 0.2) is 0 Å². The Morgan fingerprint density at radius 1 is 1.08 bits per heavy atom. The molecule has 154 valence electrons. The molecule has 2 atom stereocenters. The monoisotopic (exact) mass is 405 g/mol. The highest BCUT2D eigenvalue weighted by Crippen LogP contribution is 2.27. The average molecular weight is 406 g/mol. The van der Waals surface area contributed by atoms with Crippen LogP contribution in [0.2, 0.25) is 0 Å². The molecule has 0 saturated carbocycles. The number of likely N-dealkylation sites (tertiary alicyclic amines) is 1. The van der Waals surface area contributed by atoms with Gasteiger partial charge >= 0.3 is 0 Å². The summed E-state index contributed by atoms with van der Waals surface area (Å²) in [5.74, 6) is 1.44. The zero-order valence-corrected chi connectivity index (χ0v) is 19.2. The fourth-order valence-electron chi connectivity index (χ4n) is 3.07. The van der Waals surface area contributed by atoms with E-state index in [9.17, 15) is 4.79 Å². The minimum absolute atomic E-state index is 0.143. The highest BCUT2D eigenvalue weighted by Gasteiger charge is 2.36. The van der Waals surface area contributed by atoms with E-state index < -0.39 is 0 Å². The summed E-state index contributed by atoms with van der Waals surface area (Å²) in [6.07, 6.45) is 5.37. The molecule has 1 amide bonds. The highest BCUT2D eigenvalue weighted by molar-refractivity contribution is 8.76. The lowest BCUT2D eigenvalue weighted by Gasteiger charge is -2.25. The van der Waals surface area contributed by atoms with Gasteiger partial charge in [0.05, 0.1) is 31.0 Å². The maximum Gasteiger partial charge on any atom is 0.222 e. The van der Waals surface area contributed by atoms with Crippen molar-refractivity contribution >= 4 is 27.5 Å². The van der Waals surface area contributed by atoms with Crippen molar-refractivity contribution in [2.24, 2.45) is 0 Å². The second-order valence-electron chi connectivity index (χ2n) is 7.90. The summed E-state index contributed by atoms with van der Waals surface area (Å²) < 4.78 is 11.8. The minimum Gasteiger partial charge on any atom is -0.377 e. The van der Waals surface area contributed by atoms with Gasteiger partial charge in [0.25, 0.3) is 0 Å². The van der Waals surface area contributed by atoms with Crippen molar-refractivity contribution in [3.63, 3.8) is 0 Å². The van der Waals surface area contributed by atoms with Gasteiger partial charge in [-0.1, -0.05) is 41.9 Å². The van der Waals surface area contributed by atoms with Gasteiger partial charge in [-0.05, 0) is 47.0 Å². The zero-order valence-electron chi connectivity index (χ0n) is 17.5. The summed E-state index contributed by atoms with van der Waals surface area (Å²) in [6.45, 7) is 14.0. The third-order valence-electron chi connectivity index (χ3n) is 4.16. The molecule has 0 aliphatic carbocycles. The first-order valence-electron chi connectivity index (χ1n) is 10.1. The SMILES string of the molecule is CC(C)OC[C@@H]1C[C@@H](OC(C)C)CN1C(=O)CCCCCSSC(C)C. The molecule has 0 unspecified atom stereocenters. The number of carbonyl (C=O) groups excluding carboxylic acids is 1. The Kier molecular flexibility index (Phi) is 12.3. The Morgan fingerprint density at radius 3 is 2.42 bits per heavy atom. The normalized spacial score (nSPS) is 20.7. The third kappa shape index (κ3) is 10.4. The molecule has 1 aliphatic rings. The Bertz CT molecular complexity index is 391. The Hall–Kier alpha value is 0.0900. The molecule has 26 heavy (non-hydrogen) atoms. The molecule has 6 heteroatoms. The molecule has 0 aromatic carbocycles. The van der Waals surface area contributed by atoms with Crippen LogP contribution < -0.4 is 0 Å². The second kappa shape index (κ2) is 13.3. The maximum atomic E-state index is 12.7. The van der Waals surface area contributed by atoms with E-state index in [4.69, 9.17) is 9.47 Å². The van der Waals surface area contributed by atoms with E-state index in [0.717, 1.165) is 19.3 Å². The molecule has 1 rings (SSSR count). The van der Waals surface area contributed by atoms with E-state index in [1.54, 1.807) is 0 Å². The van der Waals surface area contributed by atoms with Crippen LogP contribution >= 0.6 is 21.6 Å². The van der Waals surface area contributed by atoms with Gasteiger partial charge in [-0.15, -0.1) is 0 Å². The number of amides is 1. The molecular weight excluding hydrogens is 366 g/mol. The van der Waals surface area contributed by atoms with Crippen LogP contribution in [0.15, 0.2) is 0 Å². The zero-order chi connectivity index (χ0) is 19.5. The molecule has 1 aliphatic heterocycles. The summed E-state index contributed by atoms with van der Waals surface area (Å²) >= 11 is 0. The molecule has 4 nitrogen and oxygen atoms in total. The Labute approximate surface area is 168 Å². The van der Waals surface area contributed by atoms with Crippen LogP contribution in [-0.4, -0.2) is 59.3 Å². The highest BCUT2D eigenvalue weighted by atomic mass is 33.1. The van der Waals surface area contributed by atoms with Crippen LogP contribution in [0.5, 0.6) is 0 Å². The van der Waals surface area contributed by atoms with Crippen LogP contribution in [0.4, 0.5) is 0 Å². The summed E-state index contributed by atoms with van der Waals surface area (Å²) in [5.41, 5.74) is 0. The first-order valence-corrected chi connectivity index (χ1v) is 12.5. The second-order valence-corrected chi connectivity index (χ2v) is 11.0. The minimum atomic E-state index is 0.143. The molecule has 0 N–H and O–H groups in total. The lowest BCUT2D eigenvalue weighted by molar-refractivity contribution is -0.134. The van der Waals surface area contributed by atoms with E-state index >= 15 is 0 Å². The van der Waals surface area contributed by atoms with Gasteiger partial charge in [0, 0.05) is 24.0 Å². The lowest BCUT2D eigenvalue weighted by atomic mass is 10.1. The van der Waals surface area contributed by atoms with Crippen molar-refractivity contribution in [1.29, 1.82) is 0 Å². The molecule has 0 bridgehead atoms. The maximum absolute atomic E-state index is 12.7. The molecule has 1 heterocycles. The molecule has 0 radical (unpaired) electrons. The van der Waals surface area contributed by atoms with Crippen molar-refractivity contribution < 1.29 is 14.3 Å². The smallest absolute Gasteiger partial charge is 0.222 e. The molecule has 0 aromatic rings. The first kappa shape index (κ1) is 24.1. The third-order valence-corrected chi connectivity index (χ3v) is 7.20. The van der Waals surface area contributed by atoms with E-state index in [-0.39, 0.29) is 30.3 Å². The average Bonchev–Trinajstić information content (AvgIpc) is 2.93. The predicted molar refractivity (Wildman–Crippen MR) is 115 cm³/mol.